The molecule has 0 aliphatic carbocycles. The molecular formula is C21H29ClN4O3. The normalized spacial score (nSPS) is 23.6. The number of nitrogens with one attached hydrogen (secondary N) is 1. The lowest BCUT2D eigenvalue weighted by Crippen LogP contribution is -2.49. The van der Waals surface area contributed by atoms with Crippen molar-refractivity contribution in [3.63, 3.8) is 0 Å². The monoisotopic (exact) mass is 420 g/mol. The van der Waals surface area contributed by atoms with Crippen molar-refractivity contribution in [3.05, 3.63) is 34.1 Å². The molecule has 2 aliphatic heterocycles. The number of nitrogens with zero attached hydrogens (tertiary/aromatic N) is 3. The first-order valence-electron chi connectivity index (χ1n) is 10.1. The van der Waals surface area contributed by atoms with Gasteiger partial charge in [-0.3, -0.25) is 14.3 Å². The third-order valence-electron chi connectivity index (χ3n) is 6.25. The molecule has 2 saturated heterocycles. The van der Waals surface area contributed by atoms with E-state index in [4.69, 9.17) is 4.74 Å². The maximum atomic E-state index is 13.0. The van der Waals surface area contributed by atoms with Crippen LogP contribution in [0.3, 0.4) is 0 Å². The summed E-state index contributed by atoms with van der Waals surface area (Å²) in [5.41, 5.74) is 0.357. The molecule has 2 unspecified atom stereocenters. The van der Waals surface area contributed by atoms with Crippen LogP contribution in [0, 0.1) is 0 Å². The van der Waals surface area contributed by atoms with Crippen LogP contribution in [0.2, 0.25) is 0 Å². The number of halogens is 1. The number of carbonyl (C=O) groups excluding carboxylic acids is 1. The number of fused-ring (bicyclic) bond motifs is 3. The highest BCUT2D eigenvalue weighted by Gasteiger charge is 2.39. The van der Waals surface area contributed by atoms with Gasteiger partial charge in [-0.1, -0.05) is 6.92 Å². The average Bonchev–Trinajstić information content (AvgIpc) is 2.90. The predicted octanol–water partition coefficient (Wildman–Crippen LogP) is 2.59. The van der Waals surface area contributed by atoms with Crippen LogP contribution in [0.5, 0.6) is 5.75 Å². The van der Waals surface area contributed by atoms with Gasteiger partial charge in [-0.25, -0.2) is 0 Å². The summed E-state index contributed by atoms with van der Waals surface area (Å²) in [5.74, 6) is 0.305. The summed E-state index contributed by atoms with van der Waals surface area (Å²) in [4.78, 5) is 28.4. The molecule has 2 aromatic rings. The van der Waals surface area contributed by atoms with Gasteiger partial charge in [0.2, 0.25) is 5.43 Å². The zero-order chi connectivity index (χ0) is 19.8. The van der Waals surface area contributed by atoms with Crippen molar-refractivity contribution in [1.29, 1.82) is 0 Å². The first kappa shape index (κ1) is 21.6. The van der Waals surface area contributed by atoms with E-state index in [0.717, 1.165) is 19.3 Å². The molecule has 29 heavy (non-hydrogen) atoms. The van der Waals surface area contributed by atoms with Gasteiger partial charge >= 0.3 is 0 Å². The van der Waals surface area contributed by atoms with Crippen molar-refractivity contribution in [2.75, 3.05) is 14.2 Å². The Morgan fingerprint density at radius 1 is 1.28 bits per heavy atom. The minimum absolute atomic E-state index is 0. The second-order valence-electron chi connectivity index (χ2n) is 7.98. The fourth-order valence-electron chi connectivity index (χ4n) is 4.71. The van der Waals surface area contributed by atoms with E-state index in [9.17, 15) is 9.59 Å². The van der Waals surface area contributed by atoms with Gasteiger partial charge in [-0.2, -0.15) is 5.10 Å². The van der Waals surface area contributed by atoms with Crippen LogP contribution in [0.15, 0.2) is 23.0 Å². The number of carbonyl (C=O) groups is 1. The van der Waals surface area contributed by atoms with E-state index in [1.807, 2.05) is 6.92 Å². The van der Waals surface area contributed by atoms with Crippen molar-refractivity contribution in [3.8, 4) is 5.75 Å². The minimum atomic E-state index is -0.360. The lowest BCUT2D eigenvalue weighted by atomic mass is 9.98. The number of aromatic nitrogens is 2. The van der Waals surface area contributed by atoms with Crippen LogP contribution in [-0.2, 0) is 6.54 Å². The standard InChI is InChI=1S/C21H28N4O3.ClH/c1-4-9-25-18-12-16(28-3)7-8-17(18)20(26)19(23-25)21(27)22-13-10-14-5-6-15(11-13)24(14)2;/h7-8,12-15H,4-6,9-11H2,1-3H3,(H,22,27);1H. The second kappa shape index (κ2) is 8.71. The largest absolute Gasteiger partial charge is 0.497 e. The zero-order valence-corrected chi connectivity index (χ0v) is 18.0. The molecule has 2 aliphatic rings. The summed E-state index contributed by atoms with van der Waals surface area (Å²) in [7, 11) is 3.76. The molecule has 158 valence electrons. The van der Waals surface area contributed by atoms with Gasteiger partial charge in [0.15, 0.2) is 5.69 Å². The summed E-state index contributed by atoms with van der Waals surface area (Å²) in [6, 6.07) is 6.42. The Morgan fingerprint density at radius 2 is 1.97 bits per heavy atom. The highest BCUT2D eigenvalue weighted by atomic mass is 35.5. The predicted molar refractivity (Wildman–Crippen MR) is 115 cm³/mol. The van der Waals surface area contributed by atoms with Gasteiger partial charge in [0.25, 0.3) is 5.91 Å². The highest BCUT2D eigenvalue weighted by molar-refractivity contribution is 5.95. The fourth-order valence-corrected chi connectivity index (χ4v) is 4.71. The van der Waals surface area contributed by atoms with Crippen LogP contribution >= 0.6 is 12.4 Å². The maximum Gasteiger partial charge on any atom is 0.276 e. The van der Waals surface area contributed by atoms with Gasteiger partial charge in [0, 0.05) is 30.7 Å². The number of benzene rings is 1. The van der Waals surface area contributed by atoms with Crippen LogP contribution in [0.1, 0.15) is 49.5 Å². The molecule has 4 rings (SSSR count). The minimum Gasteiger partial charge on any atom is -0.497 e. The molecule has 0 spiro atoms. The van der Waals surface area contributed by atoms with Crippen molar-refractivity contribution in [2.24, 2.45) is 0 Å². The third kappa shape index (κ3) is 3.98. The maximum absolute atomic E-state index is 13.0. The number of rotatable bonds is 5. The third-order valence-corrected chi connectivity index (χ3v) is 6.25. The number of amides is 1. The number of hydrogen-bond donors (Lipinski definition) is 1. The molecule has 1 aromatic heterocycles. The van der Waals surface area contributed by atoms with E-state index in [1.54, 1.807) is 30.0 Å². The number of ether oxygens (including phenoxy) is 1. The van der Waals surface area contributed by atoms with Crippen LogP contribution < -0.4 is 15.5 Å². The SMILES string of the molecule is CCCn1nc(C(=O)NC2CC3CCC(C2)N3C)c(=O)c2ccc(OC)cc21.Cl. The van der Waals surface area contributed by atoms with Crippen molar-refractivity contribution in [2.45, 2.75) is 63.7 Å². The number of hydrogen-bond acceptors (Lipinski definition) is 5. The first-order chi connectivity index (χ1) is 13.5. The molecule has 1 amide bonds. The van der Waals surface area contributed by atoms with Gasteiger partial charge in [0.1, 0.15) is 5.75 Å². The molecule has 2 fully saturated rings. The summed E-state index contributed by atoms with van der Waals surface area (Å²) in [6.45, 7) is 2.67. The van der Waals surface area contributed by atoms with Crippen molar-refractivity contribution in [1.82, 2.24) is 20.0 Å². The Bertz CT molecular complexity index is 947. The summed E-state index contributed by atoms with van der Waals surface area (Å²) < 4.78 is 7.02. The zero-order valence-electron chi connectivity index (χ0n) is 17.2. The number of piperidine rings is 1. The average molecular weight is 421 g/mol. The molecule has 1 aromatic carbocycles. The van der Waals surface area contributed by atoms with E-state index < -0.39 is 0 Å². The van der Waals surface area contributed by atoms with Crippen molar-refractivity contribution >= 4 is 29.2 Å². The van der Waals surface area contributed by atoms with Gasteiger partial charge in [0.05, 0.1) is 18.0 Å². The Hall–Kier alpha value is -2.12. The topological polar surface area (TPSA) is 76.5 Å². The van der Waals surface area contributed by atoms with Gasteiger partial charge < -0.3 is 15.0 Å². The van der Waals surface area contributed by atoms with Crippen LogP contribution in [-0.4, -0.2) is 52.9 Å². The number of methoxy groups -OCH3 is 1. The highest BCUT2D eigenvalue weighted by Crippen LogP contribution is 2.34. The molecule has 0 saturated carbocycles. The molecule has 2 atom stereocenters. The molecule has 7 nitrogen and oxygen atoms in total. The summed E-state index contributed by atoms with van der Waals surface area (Å²) in [5, 5.41) is 8.01. The Balaban J connectivity index is 0.00000240. The summed E-state index contributed by atoms with van der Waals surface area (Å²) in [6.07, 6.45) is 5.10. The lowest BCUT2D eigenvalue weighted by molar-refractivity contribution is 0.0874. The van der Waals surface area contributed by atoms with Crippen LogP contribution in [0.25, 0.3) is 10.9 Å². The fraction of sp³-hybridized carbons (Fsp3) is 0.571. The van der Waals surface area contributed by atoms with E-state index in [1.165, 1.54) is 12.8 Å². The Kier molecular flexibility index (Phi) is 6.49. The lowest BCUT2D eigenvalue weighted by Gasteiger charge is -2.36. The number of aryl methyl sites for hydroxylation is 1. The van der Waals surface area contributed by atoms with E-state index in [-0.39, 0.29) is 35.5 Å². The van der Waals surface area contributed by atoms with Gasteiger partial charge in [-0.15, -0.1) is 12.4 Å². The second-order valence-corrected chi connectivity index (χ2v) is 7.98. The molecule has 0 radical (unpaired) electrons. The van der Waals surface area contributed by atoms with E-state index in [2.05, 4.69) is 22.4 Å². The van der Waals surface area contributed by atoms with Crippen LogP contribution in [0.4, 0.5) is 0 Å². The molecule has 3 heterocycles. The quantitative estimate of drug-likeness (QED) is 0.804. The Morgan fingerprint density at radius 3 is 2.59 bits per heavy atom. The Labute approximate surface area is 176 Å². The molecule has 1 N–H and O–H groups in total. The van der Waals surface area contributed by atoms with Crippen molar-refractivity contribution < 1.29 is 9.53 Å². The molecule has 2 bridgehead atoms. The molecular weight excluding hydrogens is 392 g/mol. The first-order valence-corrected chi connectivity index (χ1v) is 10.1. The van der Waals surface area contributed by atoms with E-state index >= 15 is 0 Å². The molecule has 8 heteroatoms. The summed E-state index contributed by atoms with van der Waals surface area (Å²) >= 11 is 0. The smallest absolute Gasteiger partial charge is 0.276 e. The van der Waals surface area contributed by atoms with E-state index in [0.29, 0.717) is 35.3 Å². The van der Waals surface area contributed by atoms with Gasteiger partial charge in [-0.05, 0) is 51.3 Å².